The highest BCUT2D eigenvalue weighted by molar-refractivity contribution is 6.08. The van der Waals surface area contributed by atoms with Crippen LogP contribution in [0.15, 0.2) is 60.4 Å². The number of carbonyl (C=O) groups is 2. The lowest BCUT2D eigenvalue weighted by Crippen LogP contribution is -2.65. The number of fused-ring (bicyclic) bond motifs is 3. The molecule has 1 aromatic carbocycles. The number of allylic oxidation sites excluding steroid dienone is 1. The van der Waals surface area contributed by atoms with Crippen LogP contribution in [0.2, 0.25) is 0 Å². The molecular formula is C31H38N4O2. The van der Waals surface area contributed by atoms with Crippen LogP contribution >= 0.6 is 0 Å². The predicted molar refractivity (Wildman–Crippen MR) is 147 cm³/mol. The van der Waals surface area contributed by atoms with Gasteiger partial charge in [0.15, 0.2) is 0 Å². The molecular weight excluding hydrogens is 460 g/mol. The van der Waals surface area contributed by atoms with E-state index in [1.165, 1.54) is 24.8 Å². The highest BCUT2D eigenvalue weighted by Gasteiger charge is 2.49. The lowest BCUT2D eigenvalue weighted by molar-refractivity contribution is -0.133. The monoisotopic (exact) mass is 498 g/mol. The second-order valence-electron chi connectivity index (χ2n) is 11.3. The van der Waals surface area contributed by atoms with E-state index in [-0.39, 0.29) is 17.9 Å². The minimum atomic E-state index is -0.952. The molecule has 3 aromatic rings. The summed E-state index contributed by atoms with van der Waals surface area (Å²) in [7, 11) is 0. The average molecular weight is 499 g/mol. The maximum Gasteiger partial charge on any atom is 0.273 e. The van der Waals surface area contributed by atoms with Crippen molar-refractivity contribution < 1.29 is 9.59 Å². The van der Waals surface area contributed by atoms with Gasteiger partial charge in [-0.2, -0.15) is 0 Å². The third-order valence-electron chi connectivity index (χ3n) is 8.79. The first kappa shape index (κ1) is 24.1. The van der Waals surface area contributed by atoms with Crippen molar-refractivity contribution in [1.29, 1.82) is 0 Å². The molecule has 6 heteroatoms. The zero-order valence-corrected chi connectivity index (χ0v) is 21.9. The van der Waals surface area contributed by atoms with Crippen LogP contribution < -0.4 is 5.32 Å². The minimum absolute atomic E-state index is 0.0173. The van der Waals surface area contributed by atoms with Gasteiger partial charge in [-0.1, -0.05) is 49.1 Å². The number of aromatic nitrogens is 2. The molecule has 3 aliphatic rings. The first-order chi connectivity index (χ1) is 18.1. The standard InChI is InChI=1S/C31H38N4O2/c1-31(30(37)32-24-14-6-3-7-15-24)22-34-26-17-9-8-16-25(26)27(33-19-10-11-20-33)28(34)29(36)35(31)21-18-23-12-4-2-5-13-23/h8-12,16-17,19-20,24H,2-7,13-15,18,21-22H2,1H3,(H,32,37). The van der Waals surface area contributed by atoms with Crippen LogP contribution in [0.3, 0.4) is 0 Å². The van der Waals surface area contributed by atoms with Gasteiger partial charge in [0.1, 0.15) is 11.2 Å². The van der Waals surface area contributed by atoms with Crippen molar-refractivity contribution in [2.45, 2.75) is 89.3 Å². The van der Waals surface area contributed by atoms with E-state index in [1.807, 2.05) is 53.0 Å². The van der Waals surface area contributed by atoms with Gasteiger partial charge < -0.3 is 19.4 Å². The number of para-hydroxylation sites is 1. The quantitative estimate of drug-likeness (QED) is 0.425. The summed E-state index contributed by atoms with van der Waals surface area (Å²) in [6.45, 7) is 2.99. The van der Waals surface area contributed by atoms with E-state index in [0.29, 0.717) is 18.8 Å². The summed E-state index contributed by atoms with van der Waals surface area (Å²) < 4.78 is 4.14. The Labute approximate surface area is 219 Å². The Morgan fingerprint density at radius 3 is 2.57 bits per heavy atom. The van der Waals surface area contributed by atoms with Crippen LogP contribution in [0, 0.1) is 0 Å². The van der Waals surface area contributed by atoms with E-state index in [4.69, 9.17) is 0 Å². The van der Waals surface area contributed by atoms with Crippen molar-refractivity contribution in [3.8, 4) is 5.69 Å². The van der Waals surface area contributed by atoms with Crippen LogP contribution in [0.4, 0.5) is 0 Å². The highest BCUT2D eigenvalue weighted by Crippen LogP contribution is 2.38. The Balaban J connectivity index is 1.43. The first-order valence-corrected chi connectivity index (χ1v) is 14.1. The molecule has 0 spiro atoms. The first-order valence-electron chi connectivity index (χ1n) is 14.1. The van der Waals surface area contributed by atoms with Crippen LogP contribution in [0.1, 0.15) is 81.6 Å². The van der Waals surface area contributed by atoms with E-state index in [1.54, 1.807) is 0 Å². The Kier molecular flexibility index (Phi) is 6.43. The van der Waals surface area contributed by atoms with Gasteiger partial charge in [0, 0.05) is 30.4 Å². The second-order valence-corrected chi connectivity index (χ2v) is 11.3. The zero-order valence-electron chi connectivity index (χ0n) is 21.9. The molecule has 2 amide bonds. The van der Waals surface area contributed by atoms with Crippen LogP contribution in [0.5, 0.6) is 0 Å². The van der Waals surface area contributed by atoms with Gasteiger partial charge in [0.05, 0.1) is 17.7 Å². The topological polar surface area (TPSA) is 59.3 Å². The van der Waals surface area contributed by atoms with E-state index in [2.05, 4.69) is 28.1 Å². The molecule has 1 aliphatic heterocycles. The van der Waals surface area contributed by atoms with Gasteiger partial charge in [-0.15, -0.1) is 0 Å². The molecule has 1 fully saturated rings. The molecule has 194 valence electrons. The maximum absolute atomic E-state index is 14.5. The molecule has 3 heterocycles. The van der Waals surface area contributed by atoms with Crippen LogP contribution in [0.25, 0.3) is 16.6 Å². The Morgan fingerprint density at radius 1 is 1.03 bits per heavy atom. The van der Waals surface area contributed by atoms with Crippen molar-refractivity contribution in [3.05, 3.63) is 66.1 Å². The molecule has 1 unspecified atom stereocenters. The number of nitrogens with zero attached hydrogens (tertiary/aromatic N) is 3. The van der Waals surface area contributed by atoms with Crippen molar-refractivity contribution >= 4 is 22.7 Å². The summed E-state index contributed by atoms with van der Waals surface area (Å²) in [5, 5.41) is 4.40. The SMILES string of the molecule is CC1(C(=O)NC2CCCCC2)Cn2c(c(-n3cccc3)c3ccccc32)C(=O)N1CCC1=CCCCC1. The zero-order chi connectivity index (χ0) is 25.4. The van der Waals surface area contributed by atoms with Gasteiger partial charge in [-0.05, 0) is 70.1 Å². The van der Waals surface area contributed by atoms with Crippen molar-refractivity contribution in [2.24, 2.45) is 0 Å². The lowest BCUT2D eigenvalue weighted by atomic mass is 9.90. The smallest absolute Gasteiger partial charge is 0.273 e. The molecule has 0 bridgehead atoms. The van der Waals surface area contributed by atoms with Gasteiger partial charge in [-0.3, -0.25) is 9.59 Å². The van der Waals surface area contributed by atoms with Crippen LogP contribution in [-0.4, -0.2) is 44.0 Å². The number of carbonyl (C=O) groups excluding carboxylic acids is 2. The highest BCUT2D eigenvalue weighted by atomic mass is 16.2. The molecule has 6 nitrogen and oxygen atoms in total. The largest absolute Gasteiger partial charge is 0.351 e. The summed E-state index contributed by atoms with van der Waals surface area (Å²) >= 11 is 0. The third-order valence-corrected chi connectivity index (χ3v) is 8.79. The number of amides is 2. The second kappa shape index (κ2) is 9.88. The fraction of sp³-hybridized carbons (Fsp3) is 0.484. The molecule has 1 atom stereocenters. The number of nitrogens with one attached hydrogen (secondary N) is 1. The summed E-state index contributed by atoms with van der Waals surface area (Å²) in [6.07, 6.45) is 17.5. The minimum Gasteiger partial charge on any atom is -0.351 e. The Bertz CT molecular complexity index is 1330. The molecule has 37 heavy (non-hydrogen) atoms. The molecule has 1 saturated carbocycles. The molecule has 6 rings (SSSR count). The maximum atomic E-state index is 14.5. The van der Waals surface area contributed by atoms with E-state index >= 15 is 0 Å². The number of rotatable bonds is 6. The molecule has 0 radical (unpaired) electrons. The fourth-order valence-corrected chi connectivity index (χ4v) is 6.67. The normalized spacial score (nSPS) is 22.7. The average Bonchev–Trinajstić information content (AvgIpc) is 3.56. The van der Waals surface area contributed by atoms with Gasteiger partial charge in [0.2, 0.25) is 5.91 Å². The van der Waals surface area contributed by atoms with E-state index < -0.39 is 5.54 Å². The summed E-state index contributed by atoms with van der Waals surface area (Å²) in [5.74, 6) is -0.0693. The van der Waals surface area contributed by atoms with Crippen LogP contribution in [-0.2, 0) is 11.3 Å². The number of benzene rings is 1. The van der Waals surface area contributed by atoms with Crippen molar-refractivity contribution in [3.63, 3.8) is 0 Å². The fourth-order valence-electron chi connectivity index (χ4n) is 6.67. The molecule has 0 saturated heterocycles. The lowest BCUT2D eigenvalue weighted by Gasteiger charge is -2.45. The van der Waals surface area contributed by atoms with Crippen molar-refractivity contribution in [1.82, 2.24) is 19.4 Å². The number of hydrogen-bond acceptors (Lipinski definition) is 2. The molecule has 2 aliphatic carbocycles. The predicted octanol–water partition coefficient (Wildman–Crippen LogP) is 5.99. The van der Waals surface area contributed by atoms with E-state index in [9.17, 15) is 9.59 Å². The number of hydrogen-bond donors (Lipinski definition) is 1. The van der Waals surface area contributed by atoms with Gasteiger partial charge >= 0.3 is 0 Å². The molecule has 2 aromatic heterocycles. The summed E-state index contributed by atoms with van der Waals surface area (Å²) in [5.41, 5.74) is 3.05. The van der Waals surface area contributed by atoms with Gasteiger partial charge in [-0.25, -0.2) is 0 Å². The Morgan fingerprint density at radius 2 is 1.81 bits per heavy atom. The molecule has 1 N–H and O–H groups in total. The summed E-state index contributed by atoms with van der Waals surface area (Å²) in [6, 6.07) is 12.4. The Hall–Kier alpha value is -3.28. The van der Waals surface area contributed by atoms with E-state index in [0.717, 1.165) is 61.5 Å². The summed E-state index contributed by atoms with van der Waals surface area (Å²) in [4.78, 5) is 30.4. The third kappa shape index (κ3) is 4.30. The van der Waals surface area contributed by atoms with Gasteiger partial charge in [0.25, 0.3) is 5.91 Å². The van der Waals surface area contributed by atoms with Crippen molar-refractivity contribution in [2.75, 3.05) is 6.54 Å².